The Bertz CT molecular complexity index is 598. The van der Waals surface area contributed by atoms with Gasteiger partial charge in [0.25, 0.3) is 0 Å². The van der Waals surface area contributed by atoms with E-state index in [0.29, 0.717) is 15.6 Å². The molecule has 1 aromatic rings. The molecule has 0 saturated heterocycles. The van der Waals surface area contributed by atoms with E-state index in [9.17, 15) is 9.18 Å². The predicted molar refractivity (Wildman–Crippen MR) is 79.7 cm³/mol. The zero-order chi connectivity index (χ0) is 14.9. The highest BCUT2D eigenvalue weighted by molar-refractivity contribution is 6.42. The lowest BCUT2D eigenvalue weighted by molar-refractivity contribution is -0.113. The van der Waals surface area contributed by atoms with Crippen molar-refractivity contribution < 1.29 is 9.18 Å². The van der Waals surface area contributed by atoms with Gasteiger partial charge in [0.05, 0.1) is 10.0 Å². The molecule has 5 heteroatoms. The standard InChI is InChI=1S/C15H14Cl2FNO/c1-8(6-13(19)20)2-4-10-14(15(10)18)9-3-5-11(16)12(17)7-9/h2-7,10,14-15H,1H3,(H2,19,20). The lowest BCUT2D eigenvalue weighted by Crippen LogP contribution is -2.06. The van der Waals surface area contributed by atoms with Gasteiger partial charge in [0.2, 0.25) is 5.91 Å². The van der Waals surface area contributed by atoms with Crippen molar-refractivity contribution >= 4 is 29.1 Å². The largest absolute Gasteiger partial charge is 0.366 e. The maximum atomic E-state index is 13.8. The summed E-state index contributed by atoms with van der Waals surface area (Å²) in [6, 6.07) is 5.15. The molecule has 1 aliphatic carbocycles. The molecule has 3 atom stereocenters. The van der Waals surface area contributed by atoms with Crippen molar-refractivity contribution in [2.24, 2.45) is 11.7 Å². The van der Waals surface area contributed by atoms with E-state index >= 15 is 0 Å². The van der Waals surface area contributed by atoms with Crippen LogP contribution in [0, 0.1) is 5.92 Å². The van der Waals surface area contributed by atoms with Gasteiger partial charge in [0.1, 0.15) is 6.17 Å². The van der Waals surface area contributed by atoms with Crippen LogP contribution >= 0.6 is 23.2 Å². The zero-order valence-electron chi connectivity index (χ0n) is 10.8. The minimum Gasteiger partial charge on any atom is -0.366 e. The van der Waals surface area contributed by atoms with E-state index in [4.69, 9.17) is 28.9 Å². The van der Waals surface area contributed by atoms with Crippen molar-refractivity contribution in [3.8, 4) is 0 Å². The first-order valence-corrected chi connectivity index (χ1v) is 6.90. The normalized spacial score (nSPS) is 26.0. The van der Waals surface area contributed by atoms with Crippen LogP contribution in [0.15, 0.2) is 42.0 Å². The van der Waals surface area contributed by atoms with Crippen LogP contribution in [-0.4, -0.2) is 12.1 Å². The second-order valence-corrected chi connectivity index (χ2v) is 5.69. The van der Waals surface area contributed by atoms with Gasteiger partial charge in [-0.2, -0.15) is 0 Å². The Hall–Kier alpha value is -1.32. The number of primary amides is 1. The highest BCUT2D eigenvalue weighted by Gasteiger charge is 2.50. The molecule has 2 N–H and O–H groups in total. The number of rotatable bonds is 4. The highest BCUT2D eigenvalue weighted by atomic mass is 35.5. The number of hydrogen-bond acceptors (Lipinski definition) is 1. The van der Waals surface area contributed by atoms with Crippen LogP contribution in [0.2, 0.25) is 10.0 Å². The van der Waals surface area contributed by atoms with Gasteiger partial charge in [0, 0.05) is 17.9 Å². The molecule has 1 amide bonds. The average molecular weight is 314 g/mol. The topological polar surface area (TPSA) is 43.1 Å². The fourth-order valence-electron chi connectivity index (χ4n) is 2.18. The fourth-order valence-corrected chi connectivity index (χ4v) is 2.49. The van der Waals surface area contributed by atoms with E-state index in [1.54, 1.807) is 37.3 Å². The Kier molecular flexibility index (Phi) is 4.51. The molecule has 3 unspecified atom stereocenters. The number of benzene rings is 1. The molecule has 0 aliphatic heterocycles. The maximum Gasteiger partial charge on any atom is 0.241 e. The Morgan fingerprint density at radius 1 is 1.35 bits per heavy atom. The number of carbonyl (C=O) groups excluding carboxylic acids is 1. The van der Waals surface area contributed by atoms with Crippen LogP contribution in [0.1, 0.15) is 18.4 Å². The summed E-state index contributed by atoms with van der Waals surface area (Å²) in [5.41, 5.74) is 6.57. The molecule has 0 aromatic heterocycles. The summed E-state index contributed by atoms with van der Waals surface area (Å²) in [6.45, 7) is 1.74. The summed E-state index contributed by atoms with van der Waals surface area (Å²) in [6.07, 6.45) is 3.83. The minimum atomic E-state index is -0.940. The Morgan fingerprint density at radius 2 is 2.05 bits per heavy atom. The summed E-state index contributed by atoms with van der Waals surface area (Å²) in [5, 5.41) is 0.884. The zero-order valence-corrected chi connectivity index (χ0v) is 12.3. The summed E-state index contributed by atoms with van der Waals surface area (Å²) < 4.78 is 13.8. The van der Waals surface area contributed by atoms with Crippen LogP contribution in [0.4, 0.5) is 4.39 Å². The van der Waals surface area contributed by atoms with Gasteiger partial charge in [-0.25, -0.2) is 4.39 Å². The molecule has 1 aliphatic rings. The molecule has 20 heavy (non-hydrogen) atoms. The monoisotopic (exact) mass is 313 g/mol. The van der Waals surface area contributed by atoms with Crippen molar-refractivity contribution in [3.63, 3.8) is 0 Å². The lowest BCUT2D eigenvalue weighted by atomic mass is 10.1. The first-order chi connectivity index (χ1) is 9.40. The second kappa shape index (κ2) is 5.98. The van der Waals surface area contributed by atoms with Gasteiger partial charge < -0.3 is 5.73 Å². The minimum absolute atomic E-state index is 0.205. The van der Waals surface area contributed by atoms with Crippen molar-refractivity contribution in [2.75, 3.05) is 0 Å². The molecular formula is C15H14Cl2FNO. The van der Waals surface area contributed by atoms with Crippen molar-refractivity contribution in [2.45, 2.75) is 19.0 Å². The molecule has 0 spiro atoms. The van der Waals surface area contributed by atoms with Gasteiger partial charge in [-0.15, -0.1) is 0 Å². The van der Waals surface area contributed by atoms with Crippen LogP contribution in [0.3, 0.4) is 0 Å². The second-order valence-electron chi connectivity index (χ2n) is 4.87. The number of halogens is 3. The number of allylic oxidation sites excluding steroid dienone is 3. The van der Waals surface area contributed by atoms with Crippen LogP contribution in [-0.2, 0) is 4.79 Å². The van der Waals surface area contributed by atoms with Crippen LogP contribution < -0.4 is 5.73 Å². The summed E-state index contributed by atoms with van der Waals surface area (Å²) >= 11 is 11.8. The summed E-state index contributed by atoms with van der Waals surface area (Å²) in [5.74, 6) is -0.924. The Labute approximate surface area is 127 Å². The lowest BCUT2D eigenvalue weighted by Gasteiger charge is -2.00. The van der Waals surface area contributed by atoms with E-state index < -0.39 is 12.1 Å². The van der Waals surface area contributed by atoms with E-state index in [1.807, 2.05) is 0 Å². The van der Waals surface area contributed by atoms with Crippen LogP contribution in [0.5, 0.6) is 0 Å². The van der Waals surface area contributed by atoms with Crippen molar-refractivity contribution in [1.82, 2.24) is 0 Å². The number of nitrogens with two attached hydrogens (primary N) is 1. The van der Waals surface area contributed by atoms with E-state index in [0.717, 1.165) is 5.56 Å². The first-order valence-electron chi connectivity index (χ1n) is 6.15. The predicted octanol–water partition coefficient (Wildman–Crippen LogP) is 4.03. The van der Waals surface area contributed by atoms with E-state index in [1.165, 1.54) is 6.08 Å². The van der Waals surface area contributed by atoms with Crippen LogP contribution in [0.25, 0.3) is 0 Å². The molecule has 1 aromatic carbocycles. The van der Waals surface area contributed by atoms with Gasteiger partial charge >= 0.3 is 0 Å². The summed E-state index contributed by atoms with van der Waals surface area (Å²) in [7, 11) is 0. The molecule has 106 valence electrons. The fraction of sp³-hybridized carbons (Fsp3) is 0.267. The molecule has 1 saturated carbocycles. The molecule has 2 nitrogen and oxygen atoms in total. The highest BCUT2D eigenvalue weighted by Crippen LogP contribution is 2.52. The van der Waals surface area contributed by atoms with E-state index in [2.05, 4.69) is 0 Å². The molecular weight excluding hydrogens is 300 g/mol. The number of alkyl halides is 1. The first kappa shape index (κ1) is 15.1. The van der Waals surface area contributed by atoms with E-state index in [-0.39, 0.29) is 11.8 Å². The van der Waals surface area contributed by atoms with Gasteiger partial charge in [-0.3, -0.25) is 4.79 Å². The third-order valence-corrected chi connectivity index (χ3v) is 4.00. The number of hydrogen-bond donors (Lipinski definition) is 1. The third-order valence-electron chi connectivity index (χ3n) is 3.26. The quantitative estimate of drug-likeness (QED) is 0.661. The van der Waals surface area contributed by atoms with Crippen molar-refractivity contribution in [3.05, 3.63) is 57.6 Å². The molecule has 0 bridgehead atoms. The average Bonchev–Trinajstić information content (AvgIpc) is 3.00. The van der Waals surface area contributed by atoms with Gasteiger partial charge in [0.15, 0.2) is 0 Å². The maximum absolute atomic E-state index is 13.8. The third kappa shape index (κ3) is 3.41. The van der Waals surface area contributed by atoms with Crippen molar-refractivity contribution in [1.29, 1.82) is 0 Å². The molecule has 0 heterocycles. The van der Waals surface area contributed by atoms with Gasteiger partial charge in [-0.1, -0.05) is 41.4 Å². The smallest absolute Gasteiger partial charge is 0.241 e. The number of carbonyl (C=O) groups is 1. The number of amides is 1. The molecule has 1 fully saturated rings. The Balaban J connectivity index is 2.08. The van der Waals surface area contributed by atoms with Gasteiger partial charge in [-0.05, 0) is 30.2 Å². The SMILES string of the molecule is CC(C=CC1C(F)C1c1ccc(Cl)c(Cl)c1)=CC(N)=O. The Morgan fingerprint density at radius 3 is 2.65 bits per heavy atom. The molecule has 0 radical (unpaired) electrons. The summed E-state index contributed by atoms with van der Waals surface area (Å²) in [4.78, 5) is 10.7. The molecule has 2 rings (SSSR count).